The highest BCUT2D eigenvalue weighted by Gasteiger charge is 2.31. The number of nitrogens with one attached hydrogen (secondary N) is 1. The van der Waals surface area contributed by atoms with Crippen LogP contribution in [-0.2, 0) is 0 Å². The molecule has 0 bridgehead atoms. The molecule has 0 saturated heterocycles. The van der Waals surface area contributed by atoms with E-state index >= 15 is 0 Å². The minimum absolute atomic E-state index is 0.00301. The van der Waals surface area contributed by atoms with Crippen molar-refractivity contribution in [1.82, 2.24) is 9.13 Å². The molecular weight excluding hydrogens is 385 g/mol. The summed E-state index contributed by atoms with van der Waals surface area (Å²) in [4.78, 5) is 13.2. The first-order chi connectivity index (χ1) is 13.7. The van der Waals surface area contributed by atoms with Gasteiger partial charge in [0.1, 0.15) is 11.3 Å². The molecule has 9 heteroatoms. The van der Waals surface area contributed by atoms with E-state index in [1.807, 2.05) is 13.8 Å². The monoisotopic (exact) mass is 404 g/mol. The van der Waals surface area contributed by atoms with Crippen molar-refractivity contribution in [2.24, 2.45) is 5.73 Å². The van der Waals surface area contributed by atoms with Crippen LogP contribution >= 0.6 is 0 Å². The van der Waals surface area contributed by atoms with Crippen LogP contribution in [0.5, 0.6) is 5.75 Å². The summed E-state index contributed by atoms with van der Waals surface area (Å²) in [6.07, 6.45) is 0.856. The standard InChI is InChI=1S/C20H19F3N4O2/c1-12(2)26-8-7-16-17(13(9-24)10-25)11-27(19(28)18(16)26)14-3-5-15(6-4-14)29-20(21,22)23/h3-12,24H,25H2,1-2H3/b13-10+,24-9?. The molecule has 0 aliphatic carbocycles. The van der Waals surface area contributed by atoms with Gasteiger partial charge in [0.15, 0.2) is 0 Å². The highest BCUT2D eigenvalue weighted by Crippen LogP contribution is 2.27. The van der Waals surface area contributed by atoms with Crippen molar-refractivity contribution >= 4 is 22.7 Å². The number of halogens is 3. The molecule has 0 fully saturated rings. The molecule has 29 heavy (non-hydrogen) atoms. The molecule has 2 heterocycles. The van der Waals surface area contributed by atoms with E-state index in [2.05, 4.69) is 4.74 Å². The predicted octanol–water partition coefficient (Wildman–Crippen LogP) is 4.22. The van der Waals surface area contributed by atoms with Gasteiger partial charge in [-0.05, 0) is 44.2 Å². The lowest BCUT2D eigenvalue weighted by atomic mass is 10.1. The molecule has 0 amide bonds. The summed E-state index contributed by atoms with van der Waals surface area (Å²) in [7, 11) is 0. The Balaban J connectivity index is 2.25. The largest absolute Gasteiger partial charge is 0.573 e. The first kappa shape index (κ1) is 20.2. The predicted molar refractivity (Wildman–Crippen MR) is 106 cm³/mol. The van der Waals surface area contributed by atoms with Crippen LogP contribution in [0.4, 0.5) is 13.2 Å². The third kappa shape index (κ3) is 3.89. The maximum atomic E-state index is 13.2. The van der Waals surface area contributed by atoms with Crippen LogP contribution in [0.25, 0.3) is 22.2 Å². The molecule has 0 saturated carbocycles. The molecule has 3 rings (SSSR count). The maximum absolute atomic E-state index is 13.2. The second kappa shape index (κ2) is 7.50. The van der Waals surface area contributed by atoms with E-state index in [1.54, 1.807) is 16.8 Å². The molecule has 6 nitrogen and oxygen atoms in total. The Bertz CT molecular complexity index is 1140. The van der Waals surface area contributed by atoms with Crippen molar-refractivity contribution in [3.05, 3.63) is 64.8 Å². The van der Waals surface area contributed by atoms with E-state index in [1.165, 1.54) is 29.1 Å². The highest BCUT2D eigenvalue weighted by atomic mass is 19.4. The van der Waals surface area contributed by atoms with Gasteiger partial charge in [-0.25, -0.2) is 0 Å². The Morgan fingerprint density at radius 1 is 1.21 bits per heavy atom. The first-order valence-corrected chi connectivity index (χ1v) is 8.71. The molecular formula is C20H19F3N4O2. The van der Waals surface area contributed by atoms with Gasteiger partial charge in [-0.1, -0.05) is 0 Å². The Kier molecular flexibility index (Phi) is 5.23. The lowest BCUT2D eigenvalue weighted by molar-refractivity contribution is -0.274. The number of allylic oxidation sites excluding steroid dienone is 1. The number of alkyl halides is 3. The number of benzene rings is 1. The van der Waals surface area contributed by atoms with Gasteiger partial charge in [-0.2, -0.15) is 0 Å². The van der Waals surface area contributed by atoms with Crippen molar-refractivity contribution in [3.8, 4) is 11.4 Å². The number of nitrogens with two attached hydrogens (primary N) is 1. The average molecular weight is 404 g/mol. The zero-order valence-electron chi connectivity index (χ0n) is 15.7. The molecule has 0 spiro atoms. The molecule has 0 aliphatic heterocycles. The number of nitrogens with zero attached hydrogens (tertiary/aromatic N) is 2. The van der Waals surface area contributed by atoms with Gasteiger partial charge >= 0.3 is 6.36 Å². The Hall–Kier alpha value is -3.49. The molecule has 0 radical (unpaired) electrons. The second-order valence-corrected chi connectivity index (χ2v) is 6.61. The summed E-state index contributed by atoms with van der Waals surface area (Å²) < 4.78 is 44.2. The van der Waals surface area contributed by atoms with E-state index in [9.17, 15) is 18.0 Å². The molecule has 3 aromatic rings. The summed E-state index contributed by atoms with van der Waals surface area (Å²) >= 11 is 0. The SMILES string of the molecule is CC(C)n1ccc2c(/C(C=N)=C/N)cn(-c3ccc(OC(F)(F)F)cc3)c(=O)c21. The Labute approximate surface area is 164 Å². The zero-order valence-corrected chi connectivity index (χ0v) is 15.7. The van der Waals surface area contributed by atoms with Gasteiger partial charge in [0.05, 0.1) is 0 Å². The quantitative estimate of drug-likeness (QED) is 0.625. The van der Waals surface area contributed by atoms with Crippen molar-refractivity contribution < 1.29 is 17.9 Å². The number of hydrogen-bond acceptors (Lipinski definition) is 4. The summed E-state index contributed by atoms with van der Waals surface area (Å²) in [6, 6.07) is 6.77. The van der Waals surface area contributed by atoms with Crippen molar-refractivity contribution in [3.63, 3.8) is 0 Å². The summed E-state index contributed by atoms with van der Waals surface area (Å²) in [5, 5.41) is 8.25. The molecule has 0 atom stereocenters. The average Bonchev–Trinajstić information content (AvgIpc) is 3.10. The van der Waals surface area contributed by atoms with Gasteiger partial charge in [-0.3, -0.25) is 9.36 Å². The van der Waals surface area contributed by atoms with E-state index in [-0.39, 0.29) is 17.4 Å². The molecule has 0 unspecified atom stereocenters. The van der Waals surface area contributed by atoms with Crippen LogP contribution < -0.4 is 16.0 Å². The van der Waals surface area contributed by atoms with Crippen molar-refractivity contribution in [2.75, 3.05) is 0 Å². The van der Waals surface area contributed by atoms with Gasteiger partial charge in [0.2, 0.25) is 0 Å². The van der Waals surface area contributed by atoms with Crippen LogP contribution in [0.1, 0.15) is 25.5 Å². The minimum Gasteiger partial charge on any atom is -0.406 e. The fourth-order valence-electron chi connectivity index (χ4n) is 3.14. The zero-order chi connectivity index (χ0) is 21.3. The number of ether oxygens (including phenoxy) is 1. The summed E-state index contributed by atoms with van der Waals surface area (Å²) in [5.74, 6) is -0.386. The van der Waals surface area contributed by atoms with Crippen LogP contribution in [0, 0.1) is 5.41 Å². The first-order valence-electron chi connectivity index (χ1n) is 8.71. The third-order valence-electron chi connectivity index (χ3n) is 4.44. The molecule has 1 aromatic carbocycles. The molecule has 0 aliphatic rings. The lowest BCUT2D eigenvalue weighted by Gasteiger charge is -2.15. The third-order valence-corrected chi connectivity index (χ3v) is 4.44. The molecule has 2 aromatic heterocycles. The molecule has 152 valence electrons. The second-order valence-electron chi connectivity index (χ2n) is 6.61. The van der Waals surface area contributed by atoms with Gasteiger partial charge in [0, 0.05) is 53.1 Å². The van der Waals surface area contributed by atoms with Crippen LogP contribution in [-0.4, -0.2) is 21.7 Å². The van der Waals surface area contributed by atoms with E-state index in [0.29, 0.717) is 27.7 Å². The van der Waals surface area contributed by atoms with Crippen LogP contribution in [0.3, 0.4) is 0 Å². The van der Waals surface area contributed by atoms with Crippen molar-refractivity contribution in [1.29, 1.82) is 5.41 Å². The Morgan fingerprint density at radius 3 is 2.38 bits per heavy atom. The van der Waals surface area contributed by atoms with Crippen LogP contribution in [0.2, 0.25) is 0 Å². The van der Waals surface area contributed by atoms with Crippen LogP contribution in [0.15, 0.2) is 53.7 Å². The van der Waals surface area contributed by atoms with Gasteiger partial charge in [-0.15, -0.1) is 13.2 Å². The molecule has 3 N–H and O–H groups in total. The minimum atomic E-state index is -4.80. The van der Waals surface area contributed by atoms with Crippen molar-refractivity contribution in [2.45, 2.75) is 26.3 Å². The van der Waals surface area contributed by atoms with Gasteiger partial charge < -0.3 is 20.4 Å². The maximum Gasteiger partial charge on any atom is 0.573 e. The number of fused-ring (bicyclic) bond motifs is 1. The summed E-state index contributed by atoms with van der Waals surface area (Å²) in [5.41, 5.74) is 7.04. The lowest BCUT2D eigenvalue weighted by Crippen LogP contribution is -2.22. The fraction of sp³-hybridized carbons (Fsp3) is 0.200. The van der Waals surface area contributed by atoms with E-state index in [0.717, 1.165) is 18.3 Å². The topological polar surface area (TPSA) is 86.0 Å². The van der Waals surface area contributed by atoms with Gasteiger partial charge in [0.25, 0.3) is 5.56 Å². The summed E-state index contributed by atoms with van der Waals surface area (Å²) in [6.45, 7) is 3.85. The number of hydrogen-bond donors (Lipinski definition) is 2. The van der Waals surface area contributed by atoms with E-state index < -0.39 is 6.36 Å². The highest BCUT2D eigenvalue weighted by molar-refractivity contribution is 6.13. The number of aromatic nitrogens is 2. The fourth-order valence-corrected chi connectivity index (χ4v) is 3.14. The normalized spacial score (nSPS) is 12.6. The van der Waals surface area contributed by atoms with E-state index in [4.69, 9.17) is 11.1 Å². The smallest absolute Gasteiger partial charge is 0.406 e. The number of rotatable bonds is 5. The number of pyridine rings is 1. The Morgan fingerprint density at radius 2 is 1.86 bits per heavy atom.